The summed E-state index contributed by atoms with van der Waals surface area (Å²) < 4.78 is 27.9. The fourth-order valence-electron chi connectivity index (χ4n) is 1.53. The van der Waals surface area contributed by atoms with Crippen molar-refractivity contribution in [1.29, 1.82) is 0 Å². The summed E-state index contributed by atoms with van der Waals surface area (Å²) >= 11 is 0. The Bertz CT molecular complexity index is 659. The number of benzene rings is 1. The van der Waals surface area contributed by atoms with Gasteiger partial charge in [-0.2, -0.15) is 0 Å². The van der Waals surface area contributed by atoms with Crippen molar-refractivity contribution in [1.82, 2.24) is 4.98 Å². The van der Waals surface area contributed by atoms with Crippen LogP contribution >= 0.6 is 0 Å². The number of sulfonamides is 1. The molecule has 0 aliphatic carbocycles. The van der Waals surface area contributed by atoms with Crippen molar-refractivity contribution >= 4 is 10.0 Å². The standard InChI is InChI=1S/C11H12N2O3S/c1-7-3-4-9(5-10(7)17(12,14)15)11-13-8(2)6-16-11/h3-6H,1-2H3,(H2,12,14,15). The topological polar surface area (TPSA) is 86.2 Å². The summed E-state index contributed by atoms with van der Waals surface area (Å²) in [5, 5.41) is 5.13. The zero-order valence-corrected chi connectivity index (χ0v) is 10.3. The monoisotopic (exact) mass is 252 g/mol. The Labute approximate surface area is 99.3 Å². The van der Waals surface area contributed by atoms with E-state index in [2.05, 4.69) is 4.98 Å². The second-order valence-corrected chi connectivity index (χ2v) is 5.35. The number of primary sulfonamides is 1. The summed E-state index contributed by atoms with van der Waals surface area (Å²) in [5.74, 6) is 0.382. The first kappa shape index (κ1) is 11.8. The molecule has 0 bridgehead atoms. The number of oxazole rings is 1. The van der Waals surface area contributed by atoms with Gasteiger partial charge in [0.2, 0.25) is 15.9 Å². The Balaban J connectivity index is 2.59. The molecule has 0 amide bonds. The lowest BCUT2D eigenvalue weighted by Crippen LogP contribution is -2.13. The van der Waals surface area contributed by atoms with Crippen LogP contribution in [0.1, 0.15) is 11.3 Å². The molecule has 0 aliphatic rings. The molecule has 0 aliphatic heterocycles. The molecule has 2 rings (SSSR count). The summed E-state index contributed by atoms with van der Waals surface area (Å²) in [7, 11) is -3.73. The van der Waals surface area contributed by atoms with Crippen LogP contribution in [-0.2, 0) is 10.0 Å². The van der Waals surface area contributed by atoms with Gasteiger partial charge in [0.25, 0.3) is 0 Å². The van der Waals surface area contributed by atoms with Crippen LogP contribution in [-0.4, -0.2) is 13.4 Å². The van der Waals surface area contributed by atoms with Gasteiger partial charge >= 0.3 is 0 Å². The number of aromatic nitrogens is 1. The third kappa shape index (κ3) is 2.37. The fourth-order valence-corrected chi connectivity index (χ4v) is 2.33. The van der Waals surface area contributed by atoms with Crippen LogP contribution in [0.15, 0.2) is 33.8 Å². The van der Waals surface area contributed by atoms with Crippen LogP contribution in [0.2, 0.25) is 0 Å². The first-order valence-electron chi connectivity index (χ1n) is 4.94. The molecule has 0 saturated heterocycles. The molecular formula is C11H12N2O3S. The molecule has 2 aromatic rings. The molecule has 2 N–H and O–H groups in total. The van der Waals surface area contributed by atoms with Gasteiger partial charge in [-0.1, -0.05) is 6.07 Å². The van der Waals surface area contributed by atoms with E-state index in [-0.39, 0.29) is 4.90 Å². The molecular weight excluding hydrogens is 240 g/mol. The van der Waals surface area contributed by atoms with Crippen molar-refractivity contribution in [2.24, 2.45) is 5.14 Å². The lowest BCUT2D eigenvalue weighted by Gasteiger charge is -2.04. The predicted molar refractivity (Wildman–Crippen MR) is 62.8 cm³/mol. The number of hydrogen-bond donors (Lipinski definition) is 1. The summed E-state index contributed by atoms with van der Waals surface area (Å²) in [6.07, 6.45) is 1.51. The molecule has 5 nitrogen and oxygen atoms in total. The molecule has 90 valence electrons. The third-order valence-electron chi connectivity index (χ3n) is 2.36. The first-order chi connectivity index (χ1) is 7.88. The smallest absolute Gasteiger partial charge is 0.238 e. The van der Waals surface area contributed by atoms with Crippen LogP contribution < -0.4 is 5.14 Å². The van der Waals surface area contributed by atoms with Crippen LogP contribution in [0.4, 0.5) is 0 Å². The van der Waals surface area contributed by atoms with E-state index in [4.69, 9.17) is 9.56 Å². The third-order valence-corrected chi connectivity index (χ3v) is 3.41. The van der Waals surface area contributed by atoms with Gasteiger partial charge in [-0.25, -0.2) is 18.5 Å². The van der Waals surface area contributed by atoms with Crippen molar-refractivity contribution < 1.29 is 12.8 Å². The van der Waals surface area contributed by atoms with Crippen LogP contribution in [0.5, 0.6) is 0 Å². The maximum Gasteiger partial charge on any atom is 0.238 e. The fraction of sp³-hybridized carbons (Fsp3) is 0.182. The zero-order chi connectivity index (χ0) is 12.6. The normalized spacial score (nSPS) is 11.7. The van der Waals surface area contributed by atoms with Gasteiger partial charge in [0.15, 0.2) is 0 Å². The number of aryl methyl sites for hydroxylation is 2. The van der Waals surface area contributed by atoms with E-state index in [1.807, 2.05) is 0 Å². The van der Waals surface area contributed by atoms with Gasteiger partial charge in [-0.05, 0) is 31.5 Å². The van der Waals surface area contributed by atoms with Crippen LogP contribution in [0.25, 0.3) is 11.5 Å². The van der Waals surface area contributed by atoms with Crippen LogP contribution in [0, 0.1) is 13.8 Å². The average Bonchev–Trinajstić information content (AvgIpc) is 2.64. The molecule has 0 fully saturated rings. The number of nitrogens with zero attached hydrogens (tertiary/aromatic N) is 1. The minimum atomic E-state index is -3.73. The minimum Gasteiger partial charge on any atom is -0.444 e. The Morgan fingerprint density at radius 3 is 2.53 bits per heavy atom. The molecule has 17 heavy (non-hydrogen) atoms. The molecule has 1 aromatic heterocycles. The highest BCUT2D eigenvalue weighted by molar-refractivity contribution is 7.89. The Hall–Kier alpha value is -1.66. The van der Waals surface area contributed by atoms with Crippen molar-refractivity contribution in [2.75, 3.05) is 0 Å². The summed E-state index contributed by atoms with van der Waals surface area (Å²) in [5.41, 5.74) is 1.92. The summed E-state index contributed by atoms with van der Waals surface area (Å²) in [6, 6.07) is 4.89. The maximum absolute atomic E-state index is 11.4. The number of nitrogens with two attached hydrogens (primary N) is 1. The SMILES string of the molecule is Cc1coc(-c2ccc(C)c(S(N)(=O)=O)c2)n1. The van der Waals surface area contributed by atoms with Crippen molar-refractivity contribution in [2.45, 2.75) is 18.7 Å². The van der Waals surface area contributed by atoms with Gasteiger partial charge in [0.05, 0.1) is 10.6 Å². The molecule has 6 heteroatoms. The molecule has 0 radical (unpaired) electrons. The van der Waals surface area contributed by atoms with Crippen molar-refractivity contribution in [3.63, 3.8) is 0 Å². The second-order valence-electron chi connectivity index (χ2n) is 3.82. The van der Waals surface area contributed by atoms with E-state index in [0.717, 1.165) is 5.69 Å². The summed E-state index contributed by atoms with van der Waals surface area (Å²) in [6.45, 7) is 3.48. The lowest BCUT2D eigenvalue weighted by atomic mass is 10.1. The highest BCUT2D eigenvalue weighted by Crippen LogP contribution is 2.23. The van der Waals surface area contributed by atoms with E-state index in [9.17, 15) is 8.42 Å². The molecule has 0 spiro atoms. The zero-order valence-electron chi connectivity index (χ0n) is 9.47. The summed E-state index contributed by atoms with van der Waals surface area (Å²) in [4.78, 5) is 4.22. The van der Waals surface area contributed by atoms with E-state index in [0.29, 0.717) is 17.0 Å². The van der Waals surface area contributed by atoms with Crippen molar-refractivity contribution in [3.05, 3.63) is 35.7 Å². The minimum absolute atomic E-state index is 0.0888. The quantitative estimate of drug-likeness (QED) is 0.879. The van der Waals surface area contributed by atoms with E-state index in [1.54, 1.807) is 26.0 Å². The van der Waals surface area contributed by atoms with Crippen molar-refractivity contribution in [3.8, 4) is 11.5 Å². The average molecular weight is 252 g/mol. The largest absolute Gasteiger partial charge is 0.444 e. The van der Waals surface area contributed by atoms with Crippen LogP contribution in [0.3, 0.4) is 0 Å². The highest BCUT2D eigenvalue weighted by atomic mass is 32.2. The lowest BCUT2D eigenvalue weighted by molar-refractivity contribution is 0.573. The maximum atomic E-state index is 11.4. The van der Waals surface area contributed by atoms with E-state index in [1.165, 1.54) is 12.3 Å². The predicted octanol–water partition coefficient (Wildman–Crippen LogP) is 1.61. The molecule has 0 saturated carbocycles. The first-order valence-corrected chi connectivity index (χ1v) is 6.48. The second kappa shape index (κ2) is 3.97. The number of hydrogen-bond acceptors (Lipinski definition) is 4. The molecule has 0 atom stereocenters. The molecule has 1 aromatic carbocycles. The molecule has 1 heterocycles. The highest BCUT2D eigenvalue weighted by Gasteiger charge is 2.14. The van der Waals surface area contributed by atoms with Gasteiger partial charge in [-0.3, -0.25) is 0 Å². The Morgan fingerprint density at radius 2 is 2.00 bits per heavy atom. The molecule has 0 unspecified atom stereocenters. The van der Waals surface area contributed by atoms with E-state index < -0.39 is 10.0 Å². The number of rotatable bonds is 2. The Morgan fingerprint density at radius 1 is 1.29 bits per heavy atom. The van der Waals surface area contributed by atoms with Gasteiger partial charge < -0.3 is 4.42 Å². The van der Waals surface area contributed by atoms with Gasteiger partial charge in [0.1, 0.15) is 6.26 Å². The van der Waals surface area contributed by atoms with Gasteiger partial charge in [-0.15, -0.1) is 0 Å². The Kier molecular flexibility index (Phi) is 2.76. The van der Waals surface area contributed by atoms with Gasteiger partial charge in [0, 0.05) is 5.56 Å². The van der Waals surface area contributed by atoms with E-state index >= 15 is 0 Å².